The molecule has 0 bridgehead atoms. The quantitative estimate of drug-likeness (QED) is 0.569. The van der Waals surface area contributed by atoms with Gasteiger partial charge in [0.15, 0.2) is 0 Å². The maximum Gasteiger partial charge on any atom is 0.0337 e. The molecule has 1 aromatic carbocycles. The average molecular weight is 326 g/mol. The lowest BCUT2D eigenvalue weighted by Crippen LogP contribution is -2.25. The van der Waals surface area contributed by atoms with Gasteiger partial charge in [0.2, 0.25) is 0 Å². The summed E-state index contributed by atoms with van der Waals surface area (Å²) in [5, 5.41) is 3.22. The molecule has 0 spiro atoms. The zero-order chi connectivity index (χ0) is 16.8. The molecule has 2 aliphatic carbocycles. The molecule has 24 heavy (non-hydrogen) atoms. The molecule has 1 heteroatoms. The number of hydrogen-bond donors (Lipinski definition) is 1. The average Bonchev–Trinajstić information content (AvgIpc) is 2.67. The Bertz CT molecular complexity index is 487. The van der Waals surface area contributed by atoms with Crippen molar-refractivity contribution in [1.29, 1.82) is 0 Å². The minimum Gasteiger partial charge on any atom is -0.388 e. The Morgan fingerprint density at radius 3 is 2.04 bits per heavy atom. The summed E-state index contributed by atoms with van der Waals surface area (Å²) < 4.78 is 0. The van der Waals surface area contributed by atoms with E-state index in [0.29, 0.717) is 0 Å². The van der Waals surface area contributed by atoms with Crippen molar-refractivity contribution in [2.75, 3.05) is 12.4 Å². The second kappa shape index (κ2) is 8.74. The third-order valence-corrected chi connectivity index (χ3v) is 6.78. The van der Waals surface area contributed by atoms with Gasteiger partial charge in [-0.15, -0.1) is 6.58 Å². The second-order valence-corrected chi connectivity index (χ2v) is 8.13. The van der Waals surface area contributed by atoms with Gasteiger partial charge < -0.3 is 5.32 Å². The topological polar surface area (TPSA) is 12.0 Å². The van der Waals surface area contributed by atoms with Crippen molar-refractivity contribution in [3.8, 4) is 0 Å². The molecule has 0 heterocycles. The Kier molecular flexibility index (Phi) is 6.40. The number of hydrogen-bond acceptors (Lipinski definition) is 1. The maximum absolute atomic E-state index is 3.87. The van der Waals surface area contributed by atoms with Crippen LogP contribution in [0.1, 0.15) is 75.7 Å². The van der Waals surface area contributed by atoms with Gasteiger partial charge in [-0.1, -0.05) is 31.1 Å². The molecular weight excluding hydrogens is 290 g/mol. The molecule has 132 valence electrons. The first-order valence-corrected chi connectivity index (χ1v) is 10.2. The number of allylic oxidation sites excluding steroid dienone is 1. The van der Waals surface area contributed by atoms with Crippen molar-refractivity contribution >= 4 is 5.69 Å². The van der Waals surface area contributed by atoms with Gasteiger partial charge in [0.25, 0.3) is 0 Å². The van der Waals surface area contributed by atoms with Gasteiger partial charge in [-0.25, -0.2) is 0 Å². The first-order chi connectivity index (χ1) is 11.8. The van der Waals surface area contributed by atoms with Crippen LogP contribution in [0.2, 0.25) is 0 Å². The molecule has 0 aliphatic heterocycles. The minimum absolute atomic E-state index is 0.802. The van der Waals surface area contributed by atoms with Crippen molar-refractivity contribution in [3.63, 3.8) is 0 Å². The van der Waals surface area contributed by atoms with Crippen LogP contribution in [0.3, 0.4) is 0 Å². The molecular formula is C23H35N. The van der Waals surface area contributed by atoms with Crippen molar-refractivity contribution in [3.05, 3.63) is 42.5 Å². The number of benzene rings is 1. The van der Waals surface area contributed by atoms with Crippen LogP contribution in [0.5, 0.6) is 0 Å². The second-order valence-electron chi connectivity index (χ2n) is 8.13. The lowest BCUT2D eigenvalue weighted by Gasteiger charge is -2.38. The van der Waals surface area contributed by atoms with Gasteiger partial charge in [0.1, 0.15) is 0 Å². The Balaban J connectivity index is 1.44. The zero-order valence-electron chi connectivity index (χ0n) is 15.5. The third kappa shape index (κ3) is 4.43. The smallest absolute Gasteiger partial charge is 0.0337 e. The summed E-state index contributed by atoms with van der Waals surface area (Å²) in [6.07, 6.45) is 16.4. The van der Waals surface area contributed by atoms with Crippen molar-refractivity contribution in [2.45, 2.75) is 70.1 Å². The molecule has 1 aromatic rings. The van der Waals surface area contributed by atoms with Crippen LogP contribution in [0.4, 0.5) is 5.69 Å². The fraction of sp³-hybridized carbons (Fsp3) is 0.652. The van der Waals surface area contributed by atoms with Gasteiger partial charge in [0.05, 0.1) is 0 Å². The molecule has 3 rings (SSSR count). The van der Waals surface area contributed by atoms with Crippen LogP contribution in [0.15, 0.2) is 36.9 Å². The maximum atomic E-state index is 3.87. The molecule has 2 saturated carbocycles. The largest absolute Gasteiger partial charge is 0.388 e. The lowest BCUT2D eigenvalue weighted by molar-refractivity contribution is 0.157. The van der Waals surface area contributed by atoms with Crippen molar-refractivity contribution in [2.24, 2.45) is 17.8 Å². The highest BCUT2D eigenvalue weighted by Crippen LogP contribution is 2.44. The summed E-state index contributed by atoms with van der Waals surface area (Å²) in [5.74, 6) is 3.83. The van der Waals surface area contributed by atoms with Crippen LogP contribution in [0.25, 0.3) is 0 Å². The Labute approximate surface area is 148 Å². The Hall–Kier alpha value is -1.24. The van der Waals surface area contributed by atoms with E-state index < -0.39 is 0 Å². The summed E-state index contributed by atoms with van der Waals surface area (Å²) in [4.78, 5) is 0. The molecule has 0 unspecified atom stereocenters. The molecule has 0 amide bonds. The van der Waals surface area contributed by atoms with Crippen LogP contribution >= 0.6 is 0 Å². The summed E-state index contributed by atoms with van der Waals surface area (Å²) in [5.41, 5.74) is 2.78. The van der Waals surface area contributed by atoms with Crippen LogP contribution in [-0.4, -0.2) is 7.05 Å². The number of anilines is 1. The van der Waals surface area contributed by atoms with Crippen molar-refractivity contribution in [1.82, 2.24) is 0 Å². The molecule has 2 fully saturated rings. The van der Waals surface area contributed by atoms with Gasteiger partial charge in [0, 0.05) is 12.7 Å². The first kappa shape index (κ1) is 17.6. The normalized spacial score (nSPS) is 30.7. The SMILES string of the molecule is C=CCCC1CCC(C2CCC(c3ccc(NC)cc3)CC2)CC1. The molecule has 0 aromatic heterocycles. The van der Waals surface area contributed by atoms with E-state index in [1.54, 1.807) is 5.56 Å². The standard InChI is InChI=1S/C23H35N/c1-3-4-5-18-6-8-19(9-7-18)20-10-12-21(13-11-20)22-14-16-23(24-2)17-15-22/h3,14-21,24H,1,4-13H2,2H3. The van der Waals surface area contributed by atoms with E-state index in [1.165, 1.54) is 69.9 Å². The van der Waals surface area contributed by atoms with Gasteiger partial charge in [-0.2, -0.15) is 0 Å². The Morgan fingerprint density at radius 1 is 0.917 bits per heavy atom. The van der Waals surface area contributed by atoms with Crippen LogP contribution < -0.4 is 5.32 Å². The van der Waals surface area contributed by atoms with E-state index in [1.807, 2.05) is 7.05 Å². The van der Waals surface area contributed by atoms with Gasteiger partial charge >= 0.3 is 0 Å². The van der Waals surface area contributed by atoms with Gasteiger partial charge in [-0.05, 0) is 92.7 Å². The highest BCUT2D eigenvalue weighted by molar-refractivity contribution is 5.44. The summed E-state index contributed by atoms with van der Waals surface area (Å²) in [6, 6.07) is 9.13. The Morgan fingerprint density at radius 2 is 1.50 bits per heavy atom. The third-order valence-electron chi connectivity index (χ3n) is 6.78. The van der Waals surface area contributed by atoms with Crippen molar-refractivity contribution < 1.29 is 0 Å². The first-order valence-electron chi connectivity index (χ1n) is 10.2. The summed E-state index contributed by atoms with van der Waals surface area (Å²) in [7, 11) is 1.99. The zero-order valence-corrected chi connectivity index (χ0v) is 15.5. The van der Waals surface area contributed by atoms with E-state index in [0.717, 1.165) is 23.7 Å². The molecule has 0 radical (unpaired) electrons. The molecule has 1 nitrogen and oxygen atoms in total. The van der Waals surface area contributed by atoms with E-state index >= 15 is 0 Å². The predicted molar refractivity (Wildman–Crippen MR) is 106 cm³/mol. The van der Waals surface area contributed by atoms with Crippen LogP contribution in [0, 0.1) is 17.8 Å². The van der Waals surface area contributed by atoms with Gasteiger partial charge in [-0.3, -0.25) is 0 Å². The summed E-state index contributed by atoms with van der Waals surface area (Å²) in [6.45, 7) is 3.87. The monoisotopic (exact) mass is 325 g/mol. The van der Waals surface area contributed by atoms with E-state index in [-0.39, 0.29) is 0 Å². The van der Waals surface area contributed by atoms with E-state index in [4.69, 9.17) is 0 Å². The van der Waals surface area contributed by atoms with Crippen LogP contribution in [-0.2, 0) is 0 Å². The highest BCUT2D eigenvalue weighted by atomic mass is 14.8. The molecule has 1 N–H and O–H groups in total. The fourth-order valence-electron chi connectivity index (χ4n) is 5.15. The predicted octanol–water partition coefficient (Wildman–Crippen LogP) is 6.77. The lowest BCUT2D eigenvalue weighted by atomic mass is 9.68. The number of nitrogens with one attached hydrogen (secondary N) is 1. The highest BCUT2D eigenvalue weighted by Gasteiger charge is 2.31. The van der Waals surface area contributed by atoms with E-state index in [9.17, 15) is 0 Å². The summed E-state index contributed by atoms with van der Waals surface area (Å²) >= 11 is 0. The molecule has 0 atom stereocenters. The molecule has 2 aliphatic rings. The minimum atomic E-state index is 0.802. The fourth-order valence-corrected chi connectivity index (χ4v) is 5.15. The van der Waals surface area contributed by atoms with E-state index in [2.05, 4.69) is 42.2 Å². The molecule has 0 saturated heterocycles. The number of rotatable bonds is 6.